The predicted molar refractivity (Wildman–Crippen MR) is 70.0 cm³/mol. The zero-order valence-electron chi connectivity index (χ0n) is 9.83. The van der Waals surface area contributed by atoms with E-state index in [1.807, 2.05) is 25.1 Å². The van der Waals surface area contributed by atoms with E-state index < -0.39 is 12.0 Å². The molecule has 0 bridgehead atoms. The number of carbonyl (C=O) groups is 1. The number of nitrogens with one attached hydrogen (secondary N) is 2. The van der Waals surface area contributed by atoms with Gasteiger partial charge in [0.2, 0.25) is 0 Å². The Morgan fingerprint density at radius 2 is 2.28 bits per heavy atom. The second-order valence-electron chi connectivity index (χ2n) is 4.69. The lowest BCUT2D eigenvalue weighted by Crippen LogP contribution is -2.43. The maximum absolute atomic E-state index is 11.1. The summed E-state index contributed by atoms with van der Waals surface area (Å²) in [6.45, 7) is 1.96. The van der Waals surface area contributed by atoms with Crippen LogP contribution in [0.5, 0.6) is 0 Å². The lowest BCUT2D eigenvalue weighted by Gasteiger charge is -2.26. The molecule has 2 aromatic rings. The molecular formula is C13H13ClN2O2. The van der Waals surface area contributed by atoms with E-state index >= 15 is 0 Å². The van der Waals surface area contributed by atoms with Crippen molar-refractivity contribution in [3.05, 3.63) is 34.5 Å². The van der Waals surface area contributed by atoms with E-state index in [2.05, 4.69) is 10.3 Å². The van der Waals surface area contributed by atoms with Gasteiger partial charge in [-0.1, -0.05) is 11.6 Å². The molecule has 4 nitrogen and oxygen atoms in total. The number of halogens is 1. The standard InChI is InChI=1S/C13H13ClN2O2/c1-6-12-9(5-11(15-6)13(17)18)8-4-7(14)2-3-10(8)16-12/h2-4,6,11,15-16H,5H2,1H3,(H,17,18). The van der Waals surface area contributed by atoms with Crippen LogP contribution >= 0.6 is 11.6 Å². The van der Waals surface area contributed by atoms with Gasteiger partial charge in [0.05, 0.1) is 0 Å². The minimum absolute atomic E-state index is 0.000950. The summed E-state index contributed by atoms with van der Waals surface area (Å²) in [5, 5.41) is 13.9. The molecule has 0 fully saturated rings. The Hall–Kier alpha value is -1.52. The normalized spacial score (nSPS) is 23.0. The lowest BCUT2D eigenvalue weighted by molar-refractivity contribution is -0.139. The van der Waals surface area contributed by atoms with Gasteiger partial charge in [-0.2, -0.15) is 0 Å². The molecule has 0 radical (unpaired) electrons. The molecule has 0 amide bonds. The zero-order valence-corrected chi connectivity index (χ0v) is 10.6. The van der Waals surface area contributed by atoms with Crippen LogP contribution in [0.25, 0.3) is 10.9 Å². The highest BCUT2D eigenvalue weighted by Crippen LogP contribution is 2.32. The first kappa shape index (κ1) is 11.6. The van der Waals surface area contributed by atoms with Gasteiger partial charge in [0.25, 0.3) is 0 Å². The number of aromatic amines is 1. The quantitative estimate of drug-likeness (QED) is 0.741. The number of hydrogen-bond donors (Lipinski definition) is 3. The van der Waals surface area contributed by atoms with Crippen molar-refractivity contribution in [1.82, 2.24) is 10.3 Å². The van der Waals surface area contributed by atoms with Gasteiger partial charge >= 0.3 is 5.97 Å². The average Bonchev–Trinajstić information content (AvgIpc) is 2.68. The Labute approximate surface area is 109 Å². The number of aliphatic carboxylic acids is 1. The minimum atomic E-state index is -0.816. The van der Waals surface area contributed by atoms with E-state index in [1.165, 1.54) is 0 Å². The molecule has 0 saturated carbocycles. The van der Waals surface area contributed by atoms with E-state index in [0.717, 1.165) is 22.2 Å². The molecule has 0 saturated heterocycles. The second-order valence-corrected chi connectivity index (χ2v) is 5.13. The molecule has 1 aliphatic rings. The van der Waals surface area contributed by atoms with Crippen LogP contribution < -0.4 is 5.32 Å². The molecule has 18 heavy (non-hydrogen) atoms. The van der Waals surface area contributed by atoms with Crippen molar-refractivity contribution in [2.24, 2.45) is 0 Å². The number of carboxylic acid groups (broad SMARTS) is 1. The number of hydrogen-bond acceptors (Lipinski definition) is 2. The van der Waals surface area contributed by atoms with Crippen LogP contribution in [0.15, 0.2) is 18.2 Å². The van der Waals surface area contributed by atoms with Crippen molar-refractivity contribution >= 4 is 28.5 Å². The predicted octanol–water partition coefficient (Wildman–Crippen LogP) is 2.48. The van der Waals surface area contributed by atoms with Crippen LogP contribution in [-0.2, 0) is 11.2 Å². The first-order chi connectivity index (χ1) is 8.56. The van der Waals surface area contributed by atoms with Crippen LogP contribution in [0.4, 0.5) is 0 Å². The highest BCUT2D eigenvalue weighted by Gasteiger charge is 2.30. The number of aromatic nitrogens is 1. The van der Waals surface area contributed by atoms with Gasteiger partial charge in [0.15, 0.2) is 0 Å². The summed E-state index contributed by atoms with van der Waals surface area (Å²) in [6.07, 6.45) is 0.481. The van der Waals surface area contributed by atoms with E-state index in [9.17, 15) is 4.79 Å². The summed E-state index contributed by atoms with van der Waals surface area (Å²) in [6, 6.07) is 5.12. The first-order valence-corrected chi connectivity index (χ1v) is 6.23. The Morgan fingerprint density at radius 1 is 1.50 bits per heavy atom. The van der Waals surface area contributed by atoms with E-state index in [0.29, 0.717) is 11.4 Å². The van der Waals surface area contributed by atoms with Gasteiger partial charge in [-0.05, 0) is 30.7 Å². The molecular weight excluding hydrogens is 252 g/mol. The largest absolute Gasteiger partial charge is 0.480 e. The summed E-state index contributed by atoms with van der Waals surface area (Å²) in [7, 11) is 0. The zero-order chi connectivity index (χ0) is 12.9. The van der Waals surface area contributed by atoms with Gasteiger partial charge in [0.1, 0.15) is 6.04 Å². The highest BCUT2D eigenvalue weighted by atomic mass is 35.5. The maximum atomic E-state index is 11.1. The van der Waals surface area contributed by atoms with Gasteiger partial charge in [-0.25, -0.2) is 0 Å². The smallest absolute Gasteiger partial charge is 0.321 e. The molecule has 3 rings (SSSR count). The van der Waals surface area contributed by atoms with Crippen molar-refractivity contribution in [2.75, 3.05) is 0 Å². The third-order valence-electron chi connectivity index (χ3n) is 3.49. The molecule has 0 spiro atoms. The van der Waals surface area contributed by atoms with Crippen LogP contribution in [0.2, 0.25) is 5.02 Å². The van der Waals surface area contributed by atoms with Gasteiger partial charge in [-0.15, -0.1) is 0 Å². The molecule has 2 unspecified atom stereocenters. The Morgan fingerprint density at radius 3 is 3.00 bits per heavy atom. The van der Waals surface area contributed by atoms with Crippen LogP contribution in [0, 0.1) is 0 Å². The van der Waals surface area contributed by atoms with Crippen molar-refractivity contribution in [3.8, 4) is 0 Å². The van der Waals surface area contributed by atoms with Crippen LogP contribution in [0.3, 0.4) is 0 Å². The number of H-pyrrole nitrogens is 1. The third kappa shape index (κ3) is 1.69. The molecule has 1 aromatic heterocycles. The first-order valence-electron chi connectivity index (χ1n) is 5.85. The summed E-state index contributed by atoms with van der Waals surface area (Å²) < 4.78 is 0. The molecule has 1 aliphatic heterocycles. The Bertz CT molecular complexity index is 635. The molecule has 3 N–H and O–H groups in total. The fourth-order valence-corrected chi connectivity index (χ4v) is 2.81. The summed E-state index contributed by atoms with van der Waals surface area (Å²) in [5.74, 6) is -0.816. The molecule has 1 aromatic carbocycles. The van der Waals surface area contributed by atoms with Gasteiger partial charge < -0.3 is 10.1 Å². The maximum Gasteiger partial charge on any atom is 0.321 e. The van der Waals surface area contributed by atoms with Gasteiger partial charge in [-0.3, -0.25) is 10.1 Å². The van der Waals surface area contributed by atoms with Crippen LogP contribution in [-0.4, -0.2) is 22.1 Å². The van der Waals surface area contributed by atoms with E-state index in [-0.39, 0.29) is 6.04 Å². The monoisotopic (exact) mass is 264 g/mol. The summed E-state index contributed by atoms with van der Waals surface area (Å²) >= 11 is 6.01. The number of rotatable bonds is 1. The summed E-state index contributed by atoms with van der Waals surface area (Å²) in [5.41, 5.74) is 3.13. The molecule has 2 heterocycles. The average molecular weight is 265 g/mol. The lowest BCUT2D eigenvalue weighted by atomic mass is 9.95. The SMILES string of the molecule is CC1NC(C(=O)O)Cc2c1[nH]c1ccc(Cl)cc21. The van der Waals surface area contributed by atoms with Crippen LogP contribution in [0.1, 0.15) is 24.2 Å². The van der Waals surface area contributed by atoms with Crippen molar-refractivity contribution in [2.45, 2.75) is 25.4 Å². The van der Waals surface area contributed by atoms with E-state index in [4.69, 9.17) is 16.7 Å². The summed E-state index contributed by atoms with van der Waals surface area (Å²) in [4.78, 5) is 14.5. The van der Waals surface area contributed by atoms with Crippen molar-refractivity contribution in [1.29, 1.82) is 0 Å². The number of benzene rings is 1. The third-order valence-corrected chi connectivity index (χ3v) is 3.73. The number of carboxylic acids is 1. The minimum Gasteiger partial charge on any atom is -0.480 e. The van der Waals surface area contributed by atoms with Gasteiger partial charge in [0, 0.05) is 34.1 Å². The van der Waals surface area contributed by atoms with Crippen molar-refractivity contribution < 1.29 is 9.90 Å². The fraction of sp³-hybridized carbons (Fsp3) is 0.308. The Kier molecular flexibility index (Phi) is 2.57. The van der Waals surface area contributed by atoms with E-state index in [1.54, 1.807) is 0 Å². The highest BCUT2D eigenvalue weighted by molar-refractivity contribution is 6.31. The molecule has 0 aliphatic carbocycles. The second kappa shape index (κ2) is 4.00. The fourth-order valence-electron chi connectivity index (χ4n) is 2.64. The van der Waals surface area contributed by atoms with Crippen molar-refractivity contribution in [3.63, 3.8) is 0 Å². The topological polar surface area (TPSA) is 65.1 Å². The number of fused-ring (bicyclic) bond motifs is 3. The molecule has 5 heteroatoms. The Balaban J connectivity index is 2.18. The molecule has 2 atom stereocenters. The molecule has 94 valence electrons.